The average molecular weight is 315 g/mol. The van der Waals surface area contributed by atoms with Crippen LogP contribution >= 0.6 is 23.2 Å². The largest absolute Gasteiger partial charge is 0.415 e. The third-order valence-corrected chi connectivity index (χ3v) is 4.72. The highest BCUT2D eigenvalue weighted by Crippen LogP contribution is 2.27. The van der Waals surface area contributed by atoms with Crippen LogP contribution in [0.15, 0.2) is 18.2 Å². The standard InChI is InChI=1S/C14H16Cl2N2O2/c15-12-2-1-11(9-13(12)16)20-14(19)18-8-7-17-5-3-10(18)4-6-17/h1-2,9-10H,3-8H2. The van der Waals surface area contributed by atoms with Crippen LogP contribution in [0.3, 0.4) is 0 Å². The maximum atomic E-state index is 12.3. The van der Waals surface area contributed by atoms with Gasteiger partial charge < -0.3 is 14.5 Å². The minimum absolute atomic E-state index is 0.294. The van der Waals surface area contributed by atoms with Gasteiger partial charge >= 0.3 is 6.09 Å². The highest BCUT2D eigenvalue weighted by atomic mass is 35.5. The molecular weight excluding hydrogens is 299 g/mol. The zero-order chi connectivity index (χ0) is 14.1. The van der Waals surface area contributed by atoms with E-state index in [0.717, 1.165) is 39.0 Å². The van der Waals surface area contributed by atoms with Crippen molar-refractivity contribution in [2.24, 2.45) is 0 Å². The number of carbonyl (C=O) groups is 1. The molecule has 6 heteroatoms. The molecule has 0 atom stereocenters. The summed E-state index contributed by atoms with van der Waals surface area (Å²) in [5.74, 6) is 0.434. The molecule has 4 rings (SSSR count). The van der Waals surface area contributed by atoms with Crippen molar-refractivity contribution in [1.29, 1.82) is 0 Å². The number of hydrogen-bond donors (Lipinski definition) is 0. The first-order valence-corrected chi connectivity index (χ1v) is 7.55. The summed E-state index contributed by atoms with van der Waals surface area (Å²) in [6.45, 7) is 3.79. The van der Waals surface area contributed by atoms with Crippen molar-refractivity contribution in [3.8, 4) is 5.75 Å². The summed E-state index contributed by atoms with van der Waals surface area (Å²) in [4.78, 5) is 16.5. The summed E-state index contributed by atoms with van der Waals surface area (Å²) >= 11 is 11.8. The van der Waals surface area contributed by atoms with Gasteiger partial charge in [0.1, 0.15) is 5.75 Å². The minimum atomic E-state index is -0.294. The van der Waals surface area contributed by atoms with Crippen molar-refractivity contribution >= 4 is 29.3 Å². The fraction of sp³-hybridized carbons (Fsp3) is 0.500. The fourth-order valence-electron chi connectivity index (χ4n) is 2.83. The second kappa shape index (κ2) is 5.80. The maximum Gasteiger partial charge on any atom is 0.415 e. The van der Waals surface area contributed by atoms with E-state index in [1.54, 1.807) is 18.2 Å². The van der Waals surface area contributed by atoms with E-state index in [0.29, 0.717) is 21.8 Å². The summed E-state index contributed by atoms with van der Waals surface area (Å²) < 4.78 is 5.42. The summed E-state index contributed by atoms with van der Waals surface area (Å²) in [5, 5.41) is 0.840. The van der Waals surface area contributed by atoms with Crippen LogP contribution in [0.4, 0.5) is 4.79 Å². The lowest BCUT2D eigenvalue weighted by atomic mass is 10.1. The van der Waals surface area contributed by atoms with Gasteiger partial charge in [0, 0.05) is 38.3 Å². The quantitative estimate of drug-likeness (QED) is 0.797. The molecule has 1 amide bonds. The summed E-state index contributed by atoms with van der Waals surface area (Å²) in [6.07, 6.45) is 1.75. The number of fused-ring (bicyclic) bond motifs is 4. The van der Waals surface area contributed by atoms with E-state index in [9.17, 15) is 4.79 Å². The van der Waals surface area contributed by atoms with Gasteiger partial charge in [-0.25, -0.2) is 4.79 Å². The molecule has 1 aromatic carbocycles. The number of carbonyl (C=O) groups excluding carboxylic acids is 1. The Morgan fingerprint density at radius 2 is 1.85 bits per heavy atom. The smallest absolute Gasteiger partial charge is 0.410 e. The topological polar surface area (TPSA) is 32.8 Å². The molecule has 20 heavy (non-hydrogen) atoms. The first kappa shape index (κ1) is 14.0. The van der Waals surface area contributed by atoms with Crippen LogP contribution in [0, 0.1) is 0 Å². The monoisotopic (exact) mass is 314 g/mol. The molecule has 0 unspecified atom stereocenters. The van der Waals surface area contributed by atoms with Crippen molar-refractivity contribution in [1.82, 2.24) is 9.80 Å². The Morgan fingerprint density at radius 1 is 1.10 bits per heavy atom. The highest BCUT2D eigenvalue weighted by molar-refractivity contribution is 6.42. The Kier molecular flexibility index (Phi) is 4.06. The molecule has 0 radical (unpaired) electrons. The lowest BCUT2D eigenvalue weighted by Crippen LogP contribution is -2.43. The first-order valence-electron chi connectivity index (χ1n) is 6.79. The number of ether oxygens (including phenoxy) is 1. The number of amides is 1. The van der Waals surface area contributed by atoms with Gasteiger partial charge in [0.25, 0.3) is 0 Å². The molecule has 0 aromatic heterocycles. The van der Waals surface area contributed by atoms with E-state index in [2.05, 4.69) is 4.90 Å². The normalized spacial score (nSPS) is 25.4. The lowest BCUT2D eigenvalue weighted by Gasteiger charge is -2.30. The molecule has 0 saturated carbocycles. The van der Waals surface area contributed by atoms with Crippen LogP contribution in [0.1, 0.15) is 12.8 Å². The van der Waals surface area contributed by atoms with Crippen LogP contribution in [-0.4, -0.2) is 48.1 Å². The molecule has 3 heterocycles. The van der Waals surface area contributed by atoms with E-state index in [1.165, 1.54) is 0 Å². The number of piperidine rings is 1. The SMILES string of the molecule is O=C(Oc1ccc(Cl)c(Cl)c1)N1CCN2CCC1CC2. The molecule has 0 aliphatic carbocycles. The van der Waals surface area contributed by atoms with Crippen LogP contribution in [0.25, 0.3) is 0 Å². The predicted octanol–water partition coefficient (Wildman–Crippen LogP) is 3.27. The molecular formula is C14H16Cl2N2O2. The Balaban J connectivity index is 1.70. The number of benzene rings is 1. The fourth-order valence-corrected chi connectivity index (χ4v) is 3.11. The van der Waals surface area contributed by atoms with Gasteiger partial charge in [-0.15, -0.1) is 0 Å². The molecule has 108 valence electrons. The highest BCUT2D eigenvalue weighted by Gasteiger charge is 2.32. The summed E-state index contributed by atoms with van der Waals surface area (Å²) in [7, 11) is 0. The molecule has 3 saturated heterocycles. The van der Waals surface area contributed by atoms with Crippen molar-refractivity contribution in [2.45, 2.75) is 18.9 Å². The molecule has 4 nitrogen and oxygen atoms in total. The minimum Gasteiger partial charge on any atom is -0.410 e. The Bertz CT molecular complexity index is 516. The number of rotatable bonds is 1. The average Bonchev–Trinajstić information content (AvgIpc) is 2.76. The van der Waals surface area contributed by atoms with Crippen LogP contribution < -0.4 is 4.74 Å². The van der Waals surface area contributed by atoms with Crippen molar-refractivity contribution in [3.63, 3.8) is 0 Å². The molecule has 3 aliphatic heterocycles. The Labute approximate surface area is 128 Å². The van der Waals surface area contributed by atoms with E-state index >= 15 is 0 Å². The second-order valence-corrected chi connectivity index (χ2v) is 6.02. The van der Waals surface area contributed by atoms with Crippen molar-refractivity contribution < 1.29 is 9.53 Å². The summed E-state index contributed by atoms with van der Waals surface area (Å²) in [6, 6.07) is 5.15. The summed E-state index contributed by atoms with van der Waals surface area (Å²) in [5.41, 5.74) is 0. The number of hydrogen-bond acceptors (Lipinski definition) is 3. The van der Waals surface area contributed by atoms with Gasteiger partial charge in [-0.3, -0.25) is 0 Å². The first-order chi connectivity index (χ1) is 9.63. The molecule has 1 aromatic rings. The Hall–Kier alpha value is -0.970. The van der Waals surface area contributed by atoms with Crippen LogP contribution in [-0.2, 0) is 0 Å². The molecule has 0 N–H and O–H groups in total. The van der Waals surface area contributed by atoms with Gasteiger partial charge in [-0.1, -0.05) is 23.2 Å². The lowest BCUT2D eigenvalue weighted by molar-refractivity contribution is 0.131. The molecule has 3 aliphatic rings. The molecule has 3 fully saturated rings. The van der Waals surface area contributed by atoms with Gasteiger partial charge in [0.2, 0.25) is 0 Å². The van der Waals surface area contributed by atoms with E-state index in [4.69, 9.17) is 27.9 Å². The van der Waals surface area contributed by atoms with E-state index < -0.39 is 0 Å². The van der Waals surface area contributed by atoms with Crippen LogP contribution in [0.5, 0.6) is 5.75 Å². The van der Waals surface area contributed by atoms with Gasteiger partial charge in [0.15, 0.2) is 0 Å². The number of halogens is 2. The van der Waals surface area contributed by atoms with Crippen molar-refractivity contribution in [3.05, 3.63) is 28.2 Å². The molecule has 2 bridgehead atoms. The third kappa shape index (κ3) is 2.87. The maximum absolute atomic E-state index is 12.3. The van der Waals surface area contributed by atoms with E-state index in [1.807, 2.05) is 4.90 Å². The van der Waals surface area contributed by atoms with Gasteiger partial charge in [-0.05, 0) is 25.0 Å². The van der Waals surface area contributed by atoms with Gasteiger partial charge in [-0.2, -0.15) is 0 Å². The second-order valence-electron chi connectivity index (χ2n) is 5.21. The van der Waals surface area contributed by atoms with Crippen LogP contribution in [0.2, 0.25) is 10.0 Å². The van der Waals surface area contributed by atoms with E-state index in [-0.39, 0.29) is 6.09 Å². The Morgan fingerprint density at radius 3 is 2.55 bits per heavy atom. The van der Waals surface area contributed by atoms with Crippen molar-refractivity contribution in [2.75, 3.05) is 26.2 Å². The zero-order valence-electron chi connectivity index (χ0n) is 11.0. The number of nitrogens with zero attached hydrogens (tertiary/aromatic N) is 2. The zero-order valence-corrected chi connectivity index (χ0v) is 12.5. The van der Waals surface area contributed by atoms with Gasteiger partial charge in [0.05, 0.1) is 10.0 Å². The molecule has 0 spiro atoms. The predicted molar refractivity (Wildman–Crippen MR) is 78.7 cm³/mol. The third-order valence-electron chi connectivity index (χ3n) is 3.99.